The maximum atomic E-state index is 9.90. The molecule has 0 aromatic carbocycles. The third-order valence-electron chi connectivity index (χ3n) is 1.78. The van der Waals surface area contributed by atoms with Crippen LogP contribution in [0.2, 0.25) is 0 Å². The van der Waals surface area contributed by atoms with E-state index in [0.29, 0.717) is 12.8 Å². The normalized spacial score (nSPS) is 11.5. The standard InChI is InChI=1S/C8H19N.C6H10O4/c1-7(2,3)9-8(4,5)6;7-5(8)3-1-2-4-6(9)10/h9H,1-6H3;1-4H2,(H,7,8)(H,9,10). The second kappa shape index (κ2) is 8.91. The van der Waals surface area contributed by atoms with Gasteiger partial charge in [0.2, 0.25) is 0 Å². The highest BCUT2D eigenvalue weighted by molar-refractivity contribution is 5.67. The number of carboxylic acids is 2. The summed E-state index contributed by atoms with van der Waals surface area (Å²) in [7, 11) is 0. The zero-order valence-electron chi connectivity index (χ0n) is 13.0. The highest BCUT2D eigenvalue weighted by Crippen LogP contribution is 2.08. The van der Waals surface area contributed by atoms with Gasteiger partial charge in [0.1, 0.15) is 0 Å². The van der Waals surface area contributed by atoms with Crippen LogP contribution >= 0.6 is 0 Å². The molecule has 0 aliphatic carbocycles. The molecule has 5 heteroatoms. The van der Waals surface area contributed by atoms with E-state index in [0.717, 1.165) is 0 Å². The number of nitrogens with one attached hydrogen (secondary N) is 1. The SMILES string of the molecule is CC(C)(C)NC(C)(C)C.O=C(O)CCCCC(=O)O. The molecule has 0 spiro atoms. The second-order valence-electron chi connectivity index (χ2n) is 6.62. The number of rotatable bonds is 5. The van der Waals surface area contributed by atoms with Crippen LogP contribution in [0.1, 0.15) is 67.2 Å². The Morgan fingerprint density at radius 2 is 1.05 bits per heavy atom. The van der Waals surface area contributed by atoms with Gasteiger partial charge in [-0.3, -0.25) is 9.59 Å². The average Bonchev–Trinajstić information content (AvgIpc) is 2.06. The van der Waals surface area contributed by atoms with E-state index in [9.17, 15) is 9.59 Å². The van der Waals surface area contributed by atoms with Crippen molar-refractivity contribution in [3.05, 3.63) is 0 Å². The lowest BCUT2D eigenvalue weighted by atomic mass is 10.0. The van der Waals surface area contributed by atoms with Crippen molar-refractivity contribution in [2.75, 3.05) is 0 Å². The quantitative estimate of drug-likeness (QED) is 0.672. The van der Waals surface area contributed by atoms with E-state index in [1.54, 1.807) is 0 Å². The van der Waals surface area contributed by atoms with Gasteiger partial charge in [0, 0.05) is 23.9 Å². The zero-order valence-corrected chi connectivity index (χ0v) is 13.0. The fourth-order valence-electron chi connectivity index (χ4n) is 1.68. The minimum atomic E-state index is -0.870. The number of hydrogen-bond acceptors (Lipinski definition) is 3. The van der Waals surface area contributed by atoms with Crippen molar-refractivity contribution in [2.24, 2.45) is 0 Å². The Hall–Kier alpha value is -1.10. The Morgan fingerprint density at radius 1 is 0.789 bits per heavy atom. The third-order valence-corrected chi connectivity index (χ3v) is 1.78. The van der Waals surface area contributed by atoms with Gasteiger partial charge >= 0.3 is 11.9 Å². The summed E-state index contributed by atoms with van der Waals surface area (Å²) < 4.78 is 0. The highest BCUT2D eigenvalue weighted by atomic mass is 16.4. The molecule has 0 aromatic rings. The first-order valence-electron chi connectivity index (χ1n) is 6.56. The average molecular weight is 275 g/mol. The maximum Gasteiger partial charge on any atom is 0.303 e. The molecule has 0 aromatic heterocycles. The Kier molecular flexibility index (Phi) is 9.48. The maximum absolute atomic E-state index is 9.90. The van der Waals surface area contributed by atoms with Crippen molar-refractivity contribution >= 4 is 11.9 Å². The zero-order chi connectivity index (χ0) is 15.7. The van der Waals surface area contributed by atoms with Gasteiger partial charge in [-0.2, -0.15) is 0 Å². The minimum Gasteiger partial charge on any atom is -0.481 e. The molecule has 0 radical (unpaired) electrons. The van der Waals surface area contributed by atoms with Crippen LogP contribution in [0.3, 0.4) is 0 Å². The summed E-state index contributed by atoms with van der Waals surface area (Å²) in [4.78, 5) is 19.8. The molecule has 0 unspecified atom stereocenters. The van der Waals surface area contributed by atoms with Crippen molar-refractivity contribution in [3.8, 4) is 0 Å². The van der Waals surface area contributed by atoms with E-state index in [4.69, 9.17) is 10.2 Å². The Labute approximate surface area is 116 Å². The van der Waals surface area contributed by atoms with Gasteiger partial charge in [-0.05, 0) is 54.4 Å². The van der Waals surface area contributed by atoms with Gasteiger partial charge in [-0.25, -0.2) is 0 Å². The van der Waals surface area contributed by atoms with Crippen LogP contribution in [0.15, 0.2) is 0 Å². The van der Waals surface area contributed by atoms with E-state index < -0.39 is 11.9 Å². The molecule has 0 fully saturated rings. The number of carboxylic acid groups (broad SMARTS) is 2. The van der Waals surface area contributed by atoms with Gasteiger partial charge in [0.25, 0.3) is 0 Å². The van der Waals surface area contributed by atoms with Crippen molar-refractivity contribution in [3.63, 3.8) is 0 Å². The molecular formula is C14H29NO4. The first-order chi connectivity index (χ1) is 8.33. The van der Waals surface area contributed by atoms with Crippen LogP contribution in [0, 0.1) is 0 Å². The molecule has 0 amide bonds. The molecule has 3 N–H and O–H groups in total. The molecule has 0 aliphatic rings. The summed E-state index contributed by atoms with van der Waals surface area (Å²) in [5.41, 5.74) is 0.469. The molecule has 114 valence electrons. The summed E-state index contributed by atoms with van der Waals surface area (Å²) >= 11 is 0. The van der Waals surface area contributed by atoms with Crippen LogP contribution in [-0.4, -0.2) is 33.2 Å². The smallest absolute Gasteiger partial charge is 0.303 e. The monoisotopic (exact) mass is 275 g/mol. The van der Waals surface area contributed by atoms with E-state index in [2.05, 4.69) is 46.9 Å². The number of hydrogen-bond donors (Lipinski definition) is 3. The van der Waals surface area contributed by atoms with Gasteiger partial charge < -0.3 is 15.5 Å². The Morgan fingerprint density at radius 3 is 1.16 bits per heavy atom. The van der Waals surface area contributed by atoms with Gasteiger partial charge in [0.15, 0.2) is 0 Å². The molecule has 5 nitrogen and oxygen atoms in total. The molecular weight excluding hydrogens is 246 g/mol. The van der Waals surface area contributed by atoms with Crippen molar-refractivity contribution in [2.45, 2.75) is 78.3 Å². The Balaban J connectivity index is 0. The van der Waals surface area contributed by atoms with Crippen LogP contribution < -0.4 is 5.32 Å². The molecule has 0 saturated heterocycles. The van der Waals surface area contributed by atoms with Gasteiger partial charge in [-0.15, -0.1) is 0 Å². The first kappa shape index (κ1) is 20.2. The lowest BCUT2D eigenvalue weighted by molar-refractivity contribution is -0.139. The number of aliphatic carboxylic acids is 2. The summed E-state index contributed by atoms with van der Waals surface area (Å²) in [5.74, 6) is -1.74. The largest absolute Gasteiger partial charge is 0.481 e. The summed E-state index contributed by atoms with van der Waals surface area (Å²) in [6.45, 7) is 13.1. The molecule has 0 rings (SSSR count). The predicted octanol–water partition coefficient (Wildman–Crippen LogP) is 2.89. The van der Waals surface area contributed by atoms with Crippen molar-refractivity contribution in [1.82, 2.24) is 5.32 Å². The number of unbranched alkanes of at least 4 members (excludes halogenated alkanes) is 1. The topological polar surface area (TPSA) is 86.6 Å². The van der Waals surface area contributed by atoms with Crippen LogP contribution in [0.4, 0.5) is 0 Å². The van der Waals surface area contributed by atoms with E-state index in [-0.39, 0.29) is 23.9 Å². The summed E-state index contributed by atoms with van der Waals surface area (Å²) in [5, 5.41) is 19.7. The van der Waals surface area contributed by atoms with Crippen molar-refractivity contribution < 1.29 is 19.8 Å². The Bertz CT molecular complexity index is 246. The van der Waals surface area contributed by atoms with Crippen LogP contribution in [-0.2, 0) is 9.59 Å². The number of carbonyl (C=O) groups is 2. The first-order valence-corrected chi connectivity index (χ1v) is 6.56. The molecule has 19 heavy (non-hydrogen) atoms. The summed E-state index contributed by atoms with van der Waals surface area (Å²) in [6.07, 6.45) is 1.02. The molecule has 0 heterocycles. The molecule has 0 atom stereocenters. The predicted molar refractivity (Wildman–Crippen MR) is 76.4 cm³/mol. The van der Waals surface area contributed by atoms with E-state index in [1.807, 2.05) is 0 Å². The lowest BCUT2D eigenvalue weighted by Gasteiger charge is -2.31. The fraction of sp³-hybridized carbons (Fsp3) is 0.857. The highest BCUT2D eigenvalue weighted by Gasteiger charge is 2.18. The second-order valence-corrected chi connectivity index (χ2v) is 6.62. The van der Waals surface area contributed by atoms with E-state index in [1.165, 1.54) is 0 Å². The van der Waals surface area contributed by atoms with Gasteiger partial charge in [0.05, 0.1) is 0 Å². The van der Waals surface area contributed by atoms with Gasteiger partial charge in [-0.1, -0.05) is 0 Å². The fourth-order valence-corrected chi connectivity index (χ4v) is 1.68. The third kappa shape index (κ3) is 26.5. The minimum absolute atomic E-state index is 0.0628. The molecule has 0 saturated carbocycles. The lowest BCUT2D eigenvalue weighted by Crippen LogP contribution is -2.48. The van der Waals surface area contributed by atoms with Crippen LogP contribution in [0.5, 0.6) is 0 Å². The van der Waals surface area contributed by atoms with E-state index >= 15 is 0 Å². The van der Waals surface area contributed by atoms with Crippen LogP contribution in [0.25, 0.3) is 0 Å². The summed E-state index contributed by atoms with van der Waals surface area (Å²) in [6, 6.07) is 0. The molecule has 0 aliphatic heterocycles. The molecule has 0 bridgehead atoms. The van der Waals surface area contributed by atoms with Crippen molar-refractivity contribution in [1.29, 1.82) is 0 Å².